The molecule has 0 aliphatic heterocycles. The Balaban J connectivity index is 1.63. The zero-order valence-corrected chi connectivity index (χ0v) is 14.6. The second-order valence-electron chi connectivity index (χ2n) is 5.19. The molecule has 0 saturated carbocycles. The van der Waals surface area contributed by atoms with Crippen molar-refractivity contribution in [3.8, 4) is 17.1 Å². The highest BCUT2D eigenvalue weighted by molar-refractivity contribution is 7.98. The first-order valence-electron chi connectivity index (χ1n) is 7.69. The lowest BCUT2D eigenvalue weighted by molar-refractivity contribution is 0.380. The van der Waals surface area contributed by atoms with E-state index in [4.69, 9.17) is 9.26 Å². The second-order valence-corrected chi connectivity index (χ2v) is 6.52. The first-order chi connectivity index (χ1) is 11.7. The van der Waals surface area contributed by atoms with Crippen LogP contribution in [0.1, 0.15) is 36.6 Å². The van der Waals surface area contributed by atoms with Gasteiger partial charge in [0.25, 0.3) is 0 Å². The fourth-order valence-corrected chi connectivity index (χ4v) is 2.87. The van der Waals surface area contributed by atoms with Crippen LogP contribution >= 0.6 is 11.8 Å². The predicted molar refractivity (Wildman–Crippen MR) is 91.8 cm³/mol. The van der Waals surface area contributed by atoms with E-state index < -0.39 is 0 Å². The van der Waals surface area contributed by atoms with E-state index in [1.165, 1.54) is 0 Å². The first kappa shape index (κ1) is 16.5. The summed E-state index contributed by atoms with van der Waals surface area (Å²) in [5.41, 5.74) is 0.894. The van der Waals surface area contributed by atoms with Crippen molar-refractivity contribution in [2.75, 3.05) is 7.11 Å². The van der Waals surface area contributed by atoms with Gasteiger partial charge in [-0.05, 0) is 31.2 Å². The molecular formula is C16H19N5O2S. The van der Waals surface area contributed by atoms with Crippen LogP contribution in [-0.2, 0) is 12.2 Å². The number of aryl methyl sites for hydroxylation is 1. The van der Waals surface area contributed by atoms with Gasteiger partial charge in [-0.2, -0.15) is 10.1 Å². The van der Waals surface area contributed by atoms with Crippen LogP contribution in [-0.4, -0.2) is 32.4 Å². The molecular weight excluding hydrogens is 326 g/mol. The lowest BCUT2D eigenvalue weighted by Gasteiger charge is -2.03. The minimum absolute atomic E-state index is 0.0691. The molecule has 0 amide bonds. The summed E-state index contributed by atoms with van der Waals surface area (Å²) in [5.74, 6) is 4.38. The Morgan fingerprint density at radius 3 is 2.71 bits per heavy atom. The maximum Gasteiger partial charge on any atom is 0.239 e. The van der Waals surface area contributed by atoms with Gasteiger partial charge in [0.05, 0.1) is 18.1 Å². The van der Waals surface area contributed by atoms with Gasteiger partial charge in [0.1, 0.15) is 17.4 Å². The molecule has 0 spiro atoms. The van der Waals surface area contributed by atoms with Crippen LogP contribution in [0.25, 0.3) is 11.4 Å². The molecule has 1 N–H and O–H groups in total. The van der Waals surface area contributed by atoms with Gasteiger partial charge in [-0.15, -0.1) is 11.8 Å². The summed E-state index contributed by atoms with van der Waals surface area (Å²) >= 11 is 1.67. The molecule has 24 heavy (non-hydrogen) atoms. The summed E-state index contributed by atoms with van der Waals surface area (Å²) in [7, 11) is 1.64. The molecule has 126 valence electrons. The topological polar surface area (TPSA) is 89.7 Å². The largest absolute Gasteiger partial charge is 0.497 e. The minimum Gasteiger partial charge on any atom is -0.497 e. The number of hydrogen-bond donors (Lipinski definition) is 1. The molecule has 8 heteroatoms. The lowest BCUT2D eigenvalue weighted by Crippen LogP contribution is -1.92. The highest BCUT2D eigenvalue weighted by atomic mass is 32.2. The molecule has 3 aromatic rings. The Morgan fingerprint density at radius 2 is 2.04 bits per heavy atom. The van der Waals surface area contributed by atoms with Gasteiger partial charge in [0.2, 0.25) is 11.7 Å². The number of aromatic amines is 1. The molecule has 0 aliphatic rings. The van der Waals surface area contributed by atoms with E-state index in [0.29, 0.717) is 17.5 Å². The van der Waals surface area contributed by atoms with Crippen molar-refractivity contribution in [2.45, 2.75) is 31.3 Å². The molecule has 1 atom stereocenters. The zero-order valence-electron chi connectivity index (χ0n) is 13.8. The van der Waals surface area contributed by atoms with Gasteiger partial charge in [-0.3, -0.25) is 5.10 Å². The number of nitrogens with one attached hydrogen (secondary N) is 1. The molecule has 1 aromatic carbocycles. The second kappa shape index (κ2) is 7.48. The predicted octanol–water partition coefficient (Wildman–Crippen LogP) is 3.42. The highest BCUT2D eigenvalue weighted by Gasteiger charge is 2.16. The number of hydrogen-bond acceptors (Lipinski definition) is 7. The average molecular weight is 345 g/mol. The lowest BCUT2D eigenvalue weighted by atomic mass is 10.2. The SMILES string of the molecule is CCc1n[nH]c(CSC(C)c2nc(-c3ccc(OC)cc3)no2)n1. The first-order valence-corrected chi connectivity index (χ1v) is 8.74. The number of H-pyrrole nitrogens is 1. The molecule has 0 fully saturated rings. The third kappa shape index (κ3) is 3.76. The normalized spacial score (nSPS) is 12.3. The molecule has 0 saturated heterocycles. The number of thioether (sulfide) groups is 1. The summed E-state index contributed by atoms with van der Waals surface area (Å²) in [4.78, 5) is 8.88. The Hall–Kier alpha value is -2.35. The van der Waals surface area contributed by atoms with Crippen LogP contribution in [0.15, 0.2) is 28.8 Å². The third-order valence-corrected chi connectivity index (χ3v) is 4.64. The van der Waals surface area contributed by atoms with Crippen molar-refractivity contribution >= 4 is 11.8 Å². The minimum atomic E-state index is 0.0691. The number of methoxy groups -OCH3 is 1. The molecule has 0 bridgehead atoms. The van der Waals surface area contributed by atoms with E-state index >= 15 is 0 Å². The quantitative estimate of drug-likeness (QED) is 0.701. The maximum absolute atomic E-state index is 5.39. The van der Waals surface area contributed by atoms with Crippen LogP contribution in [0.3, 0.4) is 0 Å². The van der Waals surface area contributed by atoms with Crippen molar-refractivity contribution in [2.24, 2.45) is 0 Å². The average Bonchev–Trinajstić information content (AvgIpc) is 3.29. The Kier molecular flexibility index (Phi) is 5.14. The zero-order chi connectivity index (χ0) is 16.9. The van der Waals surface area contributed by atoms with E-state index in [1.54, 1.807) is 18.9 Å². The van der Waals surface area contributed by atoms with Crippen LogP contribution in [0.5, 0.6) is 5.75 Å². The third-order valence-electron chi connectivity index (χ3n) is 3.50. The van der Waals surface area contributed by atoms with Gasteiger partial charge in [0.15, 0.2) is 0 Å². The smallest absolute Gasteiger partial charge is 0.239 e. The van der Waals surface area contributed by atoms with Crippen molar-refractivity contribution in [1.82, 2.24) is 25.3 Å². The summed E-state index contributed by atoms with van der Waals surface area (Å²) in [5, 5.41) is 11.2. The molecule has 0 radical (unpaired) electrons. The Labute approximate surface area is 144 Å². The van der Waals surface area contributed by atoms with E-state index in [2.05, 4.69) is 25.3 Å². The van der Waals surface area contributed by atoms with Gasteiger partial charge in [-0.25, -0.2) is 4.98 Å². The van der Waals surface area contributed by atoms with Crippen LogP contribution in [0, 0.1) is 0 Å². The van der Waals surface area contributed by atoms with Crippen LogP contribution in [0.4, 0.5) is 0 Å². The van der Waals surface area contributed by atoms with E-state index in [9.17, 15) is 0 Å². The Bertz CT molecular complexity index is 784. The van der Waals surface area contributed by atoms with Crippen molar-refractivity contribution < 1.29 is 9.26 Å². The number of rotatable bonds is 7. The van der Waals surface area contributed by atoms with Crippen LogP contribution in [0.2, 0.25) is 0 Å². The molecule has 1 unspecified atom stereocenters. The summed E-state index contributed by atoms with van der Waals surface area (Å²) in [6.07, 6.45) is 0.825. The Morgan fingerprint density at radius 1 is 1.25 bits per heavy atom. The van der Waals surface area contributed by atoms with Crippen molar-refractivity contribution in [3.63, 3.8) is 0 Å². The fourth-order valence-electron chi connectivity index (χ4n) is 2.09. The highest BCUT2D eigenvalue weighted by Crippen LogP contribution is 2.30. The molecule has 2 heterocycles. The standard InChI is InChI=1S/C16H19N5O2S/c1-4-13-17-14(20-19-13)9-24-10(2)16-18-15(21-23-16)11-5-7-12(22-3)8-6-11/h5-8,10H,4,9H2,1-3H3,(H,17,19,20). The molecule has 7 nitrogen and oxygen atoms in total. The van der Waals surface area contributed by atoms with Gasteiger partial charge >= 0.3 is 0 Å². The summed E-state index contributed by atoms with van der Waals surface area (Å²) < 4.78 is 10.5. The van der Waals surface area contributed by atoms with Crippen molar-refractivity contribution in [3.05, 3.63) is 41.8 Å². The fraction of sp³-hybridized carbons (Fsp3) is 0.375. The molecule has 0 aliphatic carbocycles. The summed E-state index contributed by atoms with van der Waals surface area (Å²) in [6, 6.07) is 7.57. The number of aromatic nitrogens is 5. The van der Waals surface area contributed by atoms with E-state index in [0.717, 1.165) is 29.4 Å². The van der Waals surface area contributed by atoms with Gasteiger partial charge < -0.3 is 9.26 Å². The maximum atomic E-state index is 5.39. The van der Waals surface area contributed by atoms with Crippen molar-refractivity contribution in [1.29, 1.82) is 0 Å². The number of nitrogens with zero attached hydrogens (tertiary/aromatic N) is 4. The van der Waals surface area contributed by atoms with Gasteiger partial charge in [0, 0.05) is 12.0 Å². The monoisotopic (exact) mass is 345 g/mol. The van der Waals surface area contributed by atoms with E-state index in [1.807, 2.05) is 38.1 Å². The molecule has 3 rings (SSSR count). The number of benzene rings is 1. The van der Waals surface area contributed by atoms with Crippen LogP contribution < -0.4 is 4.74 Å². The van der Waals surface area contributed by atoms with Gasteiger partial charge in [-0.1, -0.05) is 12.1 Å². The number of ether oxygens (including phenoxy) is 1. The van der Waals surface area contributed by atoms with E-state index in [-0.39, 0.29) is 5.25 Å². The summed E-state index contributed by atoms with van der Waals surface area (Å²) in [6.45, 7) is 4.06. The molecule has 2 aromatic heterocycles.